The Morgan fingerprint density at radius 3 is 2.20 bits per heavy atom. The van der Waals surface area contributed by atoms with Gasteiger partial charge in [-0.15, -0.1) is 0 Å². The number of hydrogen-bond donors (Lipinski definition) is 1. The van der Waals surface area contributed by atoms with E-state index in [0.717, 1.165) is 0 Å². The lowest BCUT2D eigenvalue weighted by atomic mass is 10.2. The van der Waals surface area contributed by atoms with Crippen LogP contribution in [0.4, 0.5) is 13.2 Å². The molecule has 0 rings (SSSR count). The van der Waals surface area contributed by atoms with E-state index in [2.05, 4.69) is 0 Å². The van der Waals surface area contributed by atoms with Crippen LogP contribution in [-0.4, -0.2) is 17.4 Å². The zero-order valence-corrected chi connectivity index (χ0v) is 5.78. The first-order chi connectivity index (χ1) is 4.42. The summed E-state index contributed by atoms with van der Waals surface area (Å²) < 4.78 is 34.3. The number of rotatable bonds is 3. The van der Waals surface area contributed by atoms with E-state index in [1.54, 1.807) is 0 Å². The number of halogens is 3. The van der Waals surface area contributed by atoms with Crippen molar-refractivity contribution in [3.05, 3.63) is 0 Å². The fourth-order valence-corrected chi connectivity index (χ4v) is 0.598. The number of aliphatic hydroxyl groups excluding tert-OH is 1. The fraction of sp³-hybridized carbons (Fsp3) is 1.00. The number of hydrogen-bond acceptors (Lipinski definition) is 1. The highest BCUT2D eigenvalue weighted by atomic mass is 19.4. The Hall–Kier alpha value is -0.250. The Labute approximate surface area is 57.9 Å². The van der Waals surface area contributed by atoms with Crippen LogP contribution < -0.4 is 0 Å². The molecule has 0 aliphatic rings. The van der Waals surface area contributed by atoms with Crippen LogP contribution in [0, 0.1) is 0 Å². The molecular formula is C6H11F3O. The third-order valence-corrected chi connectivity index (χ3v) is 1.08. The largest absolute Gasteiger partial charge is 0.393 e. The molecule has 0 heterocycles. The summed E-state index contributed by atoms with van der Waals surface area (Å²) in [5.41, 5.74) is 0. The van der Waals surface area contributed by atoms with Crippen molar-refractivity contribution < 1.29 is 18.3 Å². The standard InChI is InChI=1S/C6H11F3O/c1-5(10)3-2-4-6(7,8)9/h5,10H,2-4H2,1H3/t5-/m0/s1. The summed E-state index contributed by atoms with van der Waals surface area (Å²) >= 11 is 0. The van der Waals surface area contributed by atoms with Gasteiger partial charge in [0.1, 0.15) is 0 Å². The summed E-state index contributed by atoms with van der Waals surface area (Å²) in [6.07, 6.45) is -5.25. The molecule has 0 fully saturated rings. The molecule has 10 heavy (non-hydrogen) atoms. The fourth-order valence-electron chi connectivity index (χ4n) is 0.598. The van der Waals surface area contributed by atoms with Crippen LogP contribution in [0.15, 0.2) is 0 Å². The maximum Gasteiger partial charge on any atom is 0.389 e. The van der Waals surface area contributed by atoms with Gasteiger partial charge in [0.25, 0.3) is 0 Å². The maximum atomic E-state index is 11.4. The van der Waals surface area contributed by atoms with E-state index in [1.165, 1.54) is 6.92 Å². The molecule has 0 aliphatic carbocycles. The zero-order chi connectivity index (χ0) is 8.20. The van der Waals surface area contributed by atoms with Gasteiger partial charge in [0.15, 0.2) is 0 Å². The molecule has 0 unspecified atom stereocenters. The van der Waals surface area contributed by atoms with Gasteiger partial charge >= 0.3 is 6.18 Å². The van der Waals surface area contributed by atoms with Crippen molar-refractivity contribution in [3.63, 3.8) is 0 Å². The normalized spacial score (nSPS) is 15.3. The van der Waals surface area contributed by atoms with Gasteiger partial charge in [0, 0.05) is 6.42 Å². The lowest BCUT2D eigenvalue weighted by Gasteiger charge is -2.06. The highest BCUT2D eigenvalue weighted by molar-refractivity contribution is 4.53. The van der Waals surface area contributed by atoms with Gasteiger partial charge in [-0.3, -0.25) is 0 Å². The van der Waals surface area contributed by atoms with Crippen LogP contribution >= 0.6 is 0 Å². The summed E-state index contributed by atoms with van der Waals surface area (Å²) in [5, 5.41) is 8.58. The minimum atomic E-state index is -4.07. The summed E-state index contributed by atoms with van der Waals surface area (Å²) in [7, 11) is 0. The van der Waals surface area contributed by atoms with Crippen molar-refractivity contribution in [1.82, 2.24) is 0 Å². The molecule has 62 valence electrons. The van der Waals surface area contributed by atoms with Crippen molar-refractivity contribution in [1.29, 1.82) is 0 Å². The van der Waals surface area contributed by atoms with Crippen molar-refractivity contribution >= 4 is 0 Å². The summed E-state index contributed by atoms with van der Waals surface area (Å²) in [5.74, 6) is 0. The molecule has 0 aromatic heterocycles. The highest BCUT2D eigenvalue weighted by Gasteiger charge is 2.25. The molecule has 0 spiro atoms. The predicted octanol–water partition coefficient (Wildman–Crippen LogP) is 2.10. The molecule has 1 N–H and O–H groups in total. The van der Waals surface area contributed by atoms with Crippen LogP contribution in [0.2, 0.25) is 0 Å². The average Bonchev–Trinajstić information content (AvgIpc) is 1.59. The van der Waals surface area contributed by atoms with Gasteiger partial charge in [-0.2, -0.15) is 13.2 Å². The minimum absolute atomic E-state index is 0.0150. The predicted molar refractivity (Wildman–Crippen MR) is 31.6 cm³/mol. The Morgan fingerprint density at radius 1 is 1.40 bits per heavy atom. The van der Waals surface area contributed by atoms with E-state index in [1.807, 2.05) is 0 Å². The second-order valence-electron chi connectivity index (χ2n) is 2.36. The molecule has 4 heteroatoms. The molecule has 0 saturated carbocycles. The van der Waals surface area contributed by atoms with Gasteiger partial charge in [-0.25, -0.2) is 0 Å². The lowest BCUT2D eigenvalue weighted by Crippen LogP contribution is -2.08. The van der Waals surface area contributed by atoms with Crippen LogP contribution in [0.25, 0.3) is 0 Å². The molecule has 0 saturated heterocycles. The maximum absolute atomic E-state index is 11.4. The Kier molecular flexibility index (Phi) is 3.71. The molecular weight excluding hydrogens is 145 g/mol. The van der Waals surface area contributed by atoms with E-state index in [9.17, 15) is 13.2 Å². The van der Waals surface area contributed by atoms with Crippen molar-refractivity contribution in [2.75, 3.05) is 0 Å². The van der Waals surface area contributed by atoms with Crippen LogP contribution in [-0.2, 0) is 0 Å². The topological polar surface area (TPSA) is 20.2 Å². The second kappa shape index (κ2) is 3.81. The Balaban J connectivity index is 3.21. The lowest BCUT2D eigenvalue weighted by molar-refractivity contribution is -0.136. The van der Waals surface area contributed by atoms with Crippen molar-refractivity contribution in [2.24, 2.45) is 0 Å². The quantitative estimate of drug-likeness (QED) is 0.663. The minimum Gasteiger partial charge on any atom is -0.393 e. The van der Waals surface area contributed by atoms with E-state index < -0.39 is 18.7 Å². The average molecular weight is 156 g/mol. The number of aliphatic hydroxyl groups is 1. The SMILES string of the molecule is C[C@H](O)CCCC(F)(F)F. The van der Waals surface area contributed by atoms with E-state index in [4.69, 9.17) is 5.11 Å². The van der Waals surface area contributed by atoms with Crippen LogP contribution in [0.1, 0.15) is 26.2 Å². The molecule has 0 bridgehead atoms. The van der Waals surface area contributed by atoms with Gasteiger partial charge < -0.3 is 5.11 Å². The smallest absolute Gasteiger partial charge is 0.389 e. The van der Waals surface area contributed by atoms with Crippen LogP contribution in [0.5, 0.6) is 0 Å². The van der Waals surface area contributed by atoms with E-state index in [-0.39, 0.29) is 12.8 Å². The molecule has 0 aliphatic heterocycles. The van der Waals surface area contributed by atoms with E-state index in [0.29, 0.717) is 0 Å². The van der Waals surface area contributed by atoms with E-state index >= 15 is 0 Å². The van der Waals surface area contributed by atoms with Crippen molar-refractivity contribution in [2.45, 2.75) is 38.5 Å². The molecule has 0 amide bonds. The van der Waals surface area contributed by atoms with Gasteiger partial charge in [0.2, 0.25) is 0 Å². The summed E-state index contributed by atoms with van der Waals surface area (Å²) in [4.78, 5) is 0. The Bertz CT molecular complexity index is 87.5. The van der Waals surface area contributed by atoms with Crippen molar-refractivity contribution in [3.8, 4) is 0 Å². The summed E-state index contributed by atoms with van der Waals surface area (Å²) in [6, 6.07) is 0. The second-order valence-corrected chi connectivity index (χ2v) is 2.36. The first-order valence-corrected chi connectivity index (χ1v) is 3.16. The zero-order valence-electron chi connectivity index (χ0n) is 5.78. The Morgan fingerprint density at radius 2 is 1.90 bits per heavy atom. The monoisotopic (exact) mass is 156 g/mol. The highest BCUT2D eigenvalue weighted by Crippen LogP contribution is 2.22. The molecule has 1 atom stereocenters. The molecule has 0 aromatic carbocycles. The van der Waals surface area contributed by atoms with Crippen LogP contribution in [0.3, 0.4) is 0 Å². The first kappa shape index (κ1) is 9.75. The summed E-state index contributed by atoms with van der Waals surface area (Å²) in [6.45, 7) is 1.48. The van der Waals surface area contributed by atoms with Gasteiger partial charge in [0.05, 0.1) is 6.10 Å². The third-order valence-electron chi connectivity index (χ3n) is 1.08. The van der Waals surface area contributed by atoms with Gasteiger partial charge in [-0.1, -0.05) is 0 Å². The third kappa shape index (κ3) is 7.75. The number of alkyl halides is 3. The molecule has 1 nitrogen and oxygen atoms in total. The first-order valence-electron chi connectivity index (χ1n) is 3.16. The molecule has 0 aromatic rings. The molecule has 0 radical (unpaired) electrons. The van der Waals surface area contributed by atoms with Gasteiger partial charge in [-0.05, 0) is 19.8 Å².